The van der Waals surface area contributed by atoms with Crippen LogP contribution < -0.4 is 5.32 Å². The van der Waals surface area contributed by atoms with Gasteiger partial charge in [-0.3, -0.25) is 10.1 Å². The SMILES string of the molecule is CCC(C)CC(C)N1C(=O)C2(CC2)NC1c1ccc(C)s1. The fourth-order valence-electron chi connectivity index (χ4n) is 3.37. The number of hydrogen-bond acceptors (Lipinski definition) is 3. The molecule has 2 heterocycles. The Bertz CT molecular complexity index is 535. The van der Waals surface area contributed by atoms with Crippen LogP contribution in [0.25, 0.3) is 0 Å². The van der Waals surface area contributed by atoms with Crippen LogP contribution in [0.15, 0.2) is 12.1 Å². The highest BCUT2D eigenvalue weighted by Crippen LogP contribution is 2.48. The van der Waals surface area contributed by atoms with E-state index < -0.39 is 0 Å². The summed E-state index contributed by atoms with van der Waals surface area (Å²) in [4.78, 5) is 17.6. The van der Waals surface area contributed by atoms with E-state index in [1.165, 1.54) is 16.2 Å². The Labute approximate surface area is 131 Å². The number of carbonyl (C=O) groups is 1. The van der Waals surface area contributed by atoms with Crippen molar-refractivity contribution in [1.82, 2.24) is 10.2 Å². The van der Waals surface area contributed by atoms with E-state index in [0.717, 1.165) is 19.3 Å². The number of hydrogen-bond donors (Lipinski definition) is 1. The first-order chi connectivity index (χ1) is 9.97. The number of thiophene rings is 1. The molecule has 3 rings (SSSR count). The third kappa shape index (κ3) is 2.64. The van der Waals surface area contributed by atoms with Crippen LogP contribution in [0.5, 0.6) is 0 Å². The molecule has 116 valence electrons. The highest BCUT2D eigenvalue weighted by Gasteiger charge is 2.60. The summed E-state index contributed by atoms with van der Waals surface area (Å²) in [7, 11) is 0. The number of rotatable bonds is 5. The molecule has 1 aromatic heterocycles. The molecule has 0 radical (unpaired) electrons. The molecule has 1 saturated heterocycles. The molecule has 21 heavy (non-hydrogen) atoms. The lowest BCUT2D eigenvalue weighted by Crippen LogP contribution is -2.39. The highest BCUT2D eigenvalue weighted by atomic mass is 32.1. The van der Waals surface area contributed by atoms with E-state index in [0.29, 0.717) is 17.9 Å². The van der Waals surface area contributed by atoms with Crippen LogP contribution in [0.4, 0.5) is 0 Å². The lowest BCUT2D eigenvalue weighted by atomic mass is 9.99. The van der Waals surface area contributed by atoms with E-state index in [1.54, 1.807) is 11.3 Å². The number of nitrogens with zero attached hydrogens (tertiary/aromatic N) is 1. The average Bonchev–Trinajstić information content (AvgIpc) is 3.01. The average molecular weight is 306 g/mol. The lowest BCUT2D eigenvalue weighted by Gasteiger charge is -2.31. The zero-order valence-electron chi connectivity index (χ0n) is 13.5. The Morgan fingerprint density at radius 2 is 2.14 bits per heavy atom. The van der Waals surface area contributed by atoms with Crippen LogP contribution in [0, 0.1) is 12.8 Å². The topological polar surface area (TPSA) is 32.3 Å². The molecule has 3 nitrogen and oxygen atoms in total. The maximum absolute atomic E-state index is 12.9. The van der Waals surface area contributed by atoms with Crippen LogP contribution in [-0.4, -0.2) is 22.4 Å². The van der Waals surface area contributed by atoms with Crippen molar-refractivity contribution in [2.45, 2.75) is 71.1 Å². The summed E-state index contributed by atoms with van der Waals surface area (Å²) in [5.74, 6) is 0.989. The monoisotopic (exact) mass is 306 g/mol. The summed E-state index contributed by atoms with van der Waals surface area (Å²) < 4.78 is 0. The predicted octanol–water partition coefficient (Wildman–Crippen LogP) is 3.84. The normalized spacial score (nSPS) is 26.4. The second kappa shape index (κ2) is 5.40. The van der Waals surface area contributed by atoms with Crippen molar-refractivity contribution < 1.29 is 4.79 Å². The van der Waals surface area contributed by atoms with E-state index in [-0.39, 0.29) is 11.7 Å². The maximum Gasteiger partial charge on any atom is 0.244 e. The first-order valence-corrected chi connectivity index (χ1v) is 8.95. The zero-order chi connectivity index (χ0) is 15.2. The molecule has 3 unspecified atom stereocenters. The summed E-state index contributed by atoms with van der Waals surface area (Å²) in [5.41, 5.74) is -0.230. The van der Waals surface area contributed by atoms with Gasteiger partial charge in [0.25, 0.3) is 0 Å². The van der Waals surface area contributed by atoms with Crippen LogP contribution in [-0.2, 0) is 4.79 Å². The number of amides is 1. The second-order valence-corrected chi connectivity index (χ2v) is 8.21. The molecular weight excluding hydrogens is 280 g/mol. The molecule has 2 fully saturated rings. The summed E-state index contributed by atoms with van der Waals surface area (Å²) in [6, 6.07) is 4.63. The number of nitrogens with one attached hydrogen (secondary N) is 1. The van der Waals surface area contributed by atoms with Gasteiger partial charge in [-0.2, -0.15) is 0 Å². The van der Waals surface area contributed by atoms with E-state index in [4.69, 9.17) is 0 Å². The minimum Gasteiger partial charge on any atom is -0.318 e. The predicted molar refractivity (Wildman–Crippen MR) is 87.3 cm³/mol. The smallest absolute Gasteiger partial charge is 0.244 e. The molecule has 1 N–H and O–H groups in total. The molecule has 1 aliphatic carbocycles. The summed E-state index contributed by atoms with van der Waals surface area (Å²) >= 11 is 1.80. The Morgan fingerprint density at radius 3 is 2.67 bits per heavy atom. The molecule has 3 atom stereocenters. The Kier molecular flexibility index (Phi) is 3.87. The van der Waals surface area contributed by atoms with Crippen molar-refractivity contribution in [3.8, 4) is 0 Å². The Morgan fingerprint density at radius 1 is 1.43 bits per heavy atom. The van der Waals surface area contributed by atoms with Crippen LogP contribution in [0.2, 0.25) is 0 Å². The molecule has 1 saturated carbocycles. The minimum atomic E-state index is -0.230. The van der Waals surface area contributed by atoms with Gasteiger partial charge >= 0.3 is 0 Å². The quantitative estimate of drug-likeness (QED) is 0.896. The lowest BCUT2D eigenvalue weighted by molar-refractivity contribution is -0.133. The van der Waals surface area contributed by atoms with Crippen molar-refractivity contribution >= 4 is 17.2 Å². The molecule has 1 amide bonds. The molecule has 1 spiro atoms. The van der Waals surface area contributed by atoms with Gasteiger partial charge in [0.05, 0.1) is 0 Å². The fourth-order valence-corrected chi connectivity index (χ4v) is 4.29. The van der Waals surface area contributed by atoms with E-state index in [9.17, 15) is 4.79 Å². The third-order valence-electron chi connectivity index (χ3n) is 5.03. The largest absolute Gasteiger partial charge is 0.318 e. The van der Waals surface area contributed by atoms with E-state index in [2.05, 4.69) is 50.0 Å². The molecular formula is C17H26N2OS. The number of aryl methyl sites for hydroxylation is 1. The van der Waals surface area contributed by atoms with Crippen LogP contribution in [0.3, 0.4) is 0 Å². The van der Waals surface area contributed by atoms with Gasteiger partial charge in [-0.1, -0.05) is 20.3 Å². The van der Waals surface area contributed by atoms with Gasteiger partial charge in [-0.05, 0) is 51.2 Å². The van der Waals surface area contributed by atoms with Crippen molar-refractivity contribution in [3.63, 3.8) is 0 Å². The third-order valence-corrected chi connectivity index (χ3v) is 6.08. The van der Waals surface area contributed by atoms with Gasteiger partial charge in [0, 0.05) is 15.8 Å². The second-order valence-electron chi connectivity index (χ2n) is 6.89. The van der Waals surface area contributed by atoms with Crippen LogP contribution in [0.1, 0.15) is 62.4 Å². The van der Waals surface area contributed by atoms with E-state index >= 15 is 0 Å². The van der Waals surface area contributed by atoms with Crippen molar-refractivity contribution in [2.24, 2.45) is 5.92 Å². The van der Waals surface area contributed by atoms with Gasteiger partial charge < -0.3 is 4.90 Å². The molecule has 0 bridgehead atoms. The summed E-state index contributed by atoms with van der Waals surface area (Å²) in [6.07, 6.45) is 4.34. The van der Waals surface area contributed by atoms with Gasteiger partial charge in [-0.15, -0.1) is 11.3 Å². The molecule has 1 aliphatic heterocycles. The van der Waals surface area contributed by atoms with Gasteiger partial charge in [-0.25, -0.2) is 0 Å². The van der Waals surface area contributed by atoms with Gasteiger partial charge in [0.2, 0.25) is 5.91 Å². The standard InChI is InChI=1S/C17H26N2OS/c1-5-11(2)10-12(3)19-15(14-7-6-13(4)21-14)18-17(8-9-17)16(19)20/h6-7,11-12,15,18H,5,8-10H2,1-4H3. The highest BCUT2D eigenvalue weighted by molar-refractivity contribution is 7.12. The Hall–Kier alpha value is -0.870. The maximum atomic E-state index is 12.9. The van der Waals surface area contributed by atoms with Crippen LogP contribution >= 0.6 is 11.3 Å². The molecule has 1 aromatic rings. The first kappa shape index (κ1) is 15.0. The first-order valence-electron chi connectivity index (χ1n) is 8.13. The van der Waals surface area contributed by atoms with E-state index in [1.807, 2.05) is 0 Å². The molecule has 2 aliphatic rings. The summed E-state index contributed by atoms with van der Waals surface area (Å²) in [6.45, 7) is 8.84. The minimum absolute atomic E-state index is 0.0813. The fraction of sp³-hybridized carbons (Fsp3) is 0.706. The van der Waals surface area contributed by atoms with Crippen molar-refractivity contribution in [1.29, 1.82) is 0 Å². The van der Waals surface area contributed by atoms with Gasteiger partial charge in [0.1, 0.15) is 11.7 Å². The molecule has 0 aromatic carbocycles. The van der Waals surface area contributed by atoms with Crippen molar-refractivity contribution in [2.75, 3.05) is 0 Å². The van der Waals surface area contributed by atoms with Gasteiger partial charge in [0.15, 0.2) is 0 Å². The van der Waals surface area contributed by atoms with Crippen molar-refractivity contribution in [3.05, 3.63) is 21.9 Å². The summed E-state index contributed by atoms with van der Waals surface area (Å²) in [5, 5.41) is 3.63. The Balaban J connectivity index is 1.85. The zero-order valence-corrected chi connectivity index (χ0v) is 14.3. The molecule has 4 heteroatoms. The number of carbonyl (C=O) groups excluding carboxylic acids is 1.